The van der Waals surface area contributed by atoms with Crippen LogP contribution in [0.3, 0.4) is 0 Å². The quantitative estimate of drug-likeness (QED) is 0.822. The lowest BCUT2D eigenvalue weighted by Gasteiger charge is -2.15. The first kappa shape index (κ1) is 17.4. The molecule has 0 aliphatic carbocycles. The summed E-state index contributed by atoms with van der Waals surface area (Å²) in [4.78, 5) is 31.4. The van der Waals surface area contributed by atoms with Gasteiger partial charge in [-0.05, 0) is 19.1 Å². The Balaban J connectivity index is 1.99. The van der Waals surface area contributed by atoms with E-state index in [0.29, 0.717) is 5.82 Å². The van der Waals surface area contributed by atoms with Gasteiger partial charge in [-0.3, -0.25) is 9.59 Å². The summed E-state index contributed by atoms with van der Waals surface area (Å²) >= 11 is 0. The van der Waals surface area contributed by atoms with Crippen molar-refractivity contribution in [2.24, 2.45) is 0 Å². The molecule has 1 atom stereocenters. The molecule has 8 nitrogen and oxygen atoms in total. The van der Waals surface area contributed by atoms with Crippen molar-refractivity contribution in [1.29, 1.82) is 0 Å². The number of halogens is 3. The maximum Gasteiger partial charge on any atom is 0.405 e. The summed E-state index contributed by atoms with van der Waals surface area (Å²) in [6, 6.07) is 1.67. The van der Waals surface area contributed by atoms with Crippen molar-refractivity contribution in [2.45, 2.75) is 19.1 Å². The van der Waals surface area contributed by atoms with Crippen molar-refractivity contribution in [3.05, 3.63) is 36.5 Å². The first-order valence-electron chi connectivity index (χ1n) is 6.72. The third kappa shape index (κ3) is 4.76. The first-order valence-corrected chi connectivity index (χ1v) is 6.72. The van der Waals surface area contributed by atoms with E-state index in [4.69, 9.17) is 0 Å². The minimum atomic E-state index is -4.52. The van der Waals surface area contributed by atoms with E-state index in [-0.39, 0.29) is 5.56 Å². The van der Waals surface area contributed by atoms with Crippen LogP contribution in [0, 0.1) is 0 Å². The fourth-order valence-electron chi connectivity index (χ4n) is 1.70. The van der Waals surface area contributed by atoms with Crippen molar-refractivity contribution in [3.8, 4) is 5.82 Å². The number of hydrogen-bond donors (Lipinski definition) is 2. The number of carbonyl (C=O) groups excluding carboxylic acids is 2. The van der Waals surface area contributed by atoms with Gasteiger partial charge in [0.25, 0.3) is 5.91 Å². The van der Waals surface area contributed by atoms with Gasteiger partial charge in [-0.15, -0.1) is 0 Å². The molecule has 0 aliphatic heterocycles. The van der Waals surface area contributed by atoms with Crippen LogP contribution in [0.2, 0.25) is 0 Å². The summed E-state index contributed by atoms with van der Waals surface area (Å²) < 4.78 is 37.5. The Morgan fingerprint density at radius 3 is 2.75 bits per heavy atom. The van der Waals surface area contributed by atoms with Gasteiger partial charge in [-0.25, -0.2) is 14.6 Å². The number of nitrogens with one attached hydrogen (secondary N) is 2. The first-order chi connectivity index (χ1) is 11.3. The standard InChI is InChI=1S/C13H13F3N6O2/c1-8(11(23)19-5-13(14,15)16)21-12(24)9-2-3-18-10(4-9)22-7-17-6-20-22/h2-4,6-8H,5H2,1H3,(H,19,23)(H,21,24). The van der Waals surface area contributed by atoms with Gasteiger partial charge < -0.3 is 10.6 Å². The molecule has 0 saturated heterocycles. The predicted octanol–water partition coefficient (Wildman–Crippen LogP) is 0.459. The van der Waals surface area contributed by atoms with Crippen LogP contribution >= 0.6 is 0 Å². The molecule has 1 unspecified atom stereocenters. The molecular weight excluding hydrogens is 329 g/mol. The molecule has 128 valence electrons. The highest BCUT2D eigenvalue weighted by atomic mass is 19.4. The van der Waals surface area contributed by atoms with Gasteiger partial charge >= 0.3 is 6.18 Å². The second-order valence-corrected chi connectivity index (χ2v) is 4.77. The van der Waals surface area contributed by atoms with Crippen molar-refractivity contribution in [2.75, 3.05) is 6.54 Å². The molecule has 11 heteroatoms. The smallest absolute Gasteiger partial charge is 0.345 e. The highest BCUT2D eigenvalue weighted by Gasteiger charge is 2.29. The third-order valence-electron chi connectivity index (χ3n) is 2.87. The molecule has 2 aromatic rings. The van der Waals surface area contributed by atoms with E-state index in [1.807, 2.05) is 0 Å². The summed E-state index contributed by atoms with van der Waals surface area (Å²) in [5.41, 5.74) is 0.172. The zero-order chi connectivity index (χ0) is 17.7. The number of aromatic nitrogens is 4. The van der Waals surface area contributed by atoms with Gasteiger partial charge in [0.15, 0.2) is 5.82 Å². The van der Waals surface area contributed by atoms with Gasteiger partial charge in [0.05, 0.1) is 0 Å². The van der Waals surface area contributed by atoms with Crippen LogP contribution < -0.4 is 10.6 Å². The Labute approximate surface area is 134 Å². The second-order valence-electron chi connectivity index (χ2n) is 4.77. The van der Waals surface area contributed by atoms with Crippen LogP contribution in [0.25, 0.3) is 5.82 Å². The zero-order valence-corrected chi connectivity index (χ0v) is 12.4. The number of hydrogen-bond acceptors (Lipinski definition) is 5. The topological polar surface area (TPSA) is 102 Å². The molecule has 2 N–H and O–H groups in total. The molecule has 2 amide bonds. The van der Waals surface area contributed by atoms with E-state index >= 15 is 0 Å². The fraction of sp³-hybridized carbons (Fsp3) is 0.308. The monoisotopic (exact) mass is 342 g/mol. The Morgan fingerprint density at radius 2 is 2.12 bits per heavy atom. The van der Waals surface area contributed by atoms with E-state index < -0.39 is 30.6 Å². The van der Waals surface area contributed by atoms with E-state index in [0.717, 1.165) is 0 Å². The Bertz CT molecular complexity index is 717. The number of alkyl halides is 3. The molecular formula is C13H13F3N6O2. The molecule has 24 heavy (non-hydrogen) atoms. The fourth-order valence-corrected chi connectivity index (χ4v) is 1.70. The highest BCUT2D eigenvalue weighted by molar-refractivity contribution is 5.97. The molecule has 0 saturated carbocycles. The minimum absolute atomic E-state index is 0.172. The van der Waals surface area contributed by atoms with E-state index in [1.54, 1.807) is 5.32 Å². The SMILES string of the molecule is CC(NC(=O)c1ccnc(-n2cncn2)c1)C(=O)NCC(F)(F)F. The molecule has 2 aromatic heterocycles. The summed E-state index contributed by atoms with van der Waals surface area (Å²) in [5, 5.41) is 7.88. The number of pyridine rings is 1. The summed E-state index contributed by atoms with van der Waals surface area (Å²) in [6.07, 6.45) is -0.476. The van der Waals surface area contributed by atoms with Gasteiger partial charge in [0.1, 0.15) is 25.2 Å². The van der Waals surface area contributed by atoms with Crippen molar-refractivity contribution < 1.29 is 22.8 Å². The average molecular weight is 342 g/mol. The van der Waals surface area contributed by atoms with Crippen molar-refractivity contribution in [1.82, 2.24) is 30.4 Å². The van der Waals surface area contributed by atoms with E-state index in [1.165, 1.54) is 42.6 Å². The summed E-state index contributed by atoms with van der Waals surface area (Å²) in [5.74, 6) is -1.24. The lowest BCUT2D eigenvalue weighted by atomic mass is 10.2. The highest BCUT2D eigenvalue weighted by Crippen LogP contribution is 2.12. The molecule has 2 heterocycles. The molecule has 2 rings (SSSR count). The molecule has 0 spiro atoms. The zero-order valence-electron chi connectivity index (χ0n) is 12.4. The third-order valence-corrected chi connectivity index (χ3v) is 2.87. The van der Waals surface area contributed by atoms with Crippen LogP contribution in [0.4, 0.5) is 13.2 Å². The van der Waals surface area contributed by atoms with Crippen LogP contribution in [0.15, 0.2) is 31.0 Å². The Morgan fingerprint density at radius 1 is 1.38 bits per heavy atom. The summed E-state index contributed by atoms with van der Waals surface area (Å²) in [6.45, 7) is -0.180. The van der Waals surface area contributed by atoms with Crippen LogP contribution in [-0.4, -0.2) is 50.3 Å². The lowest BCUT2D eigenvalue weighted by Crippen LogP contribution is -2.47. The molecule has 0 aliphatic rings. The minimum Gasteiger partial charge on any atom is -0.345 e. The molecule has 0 fully saturated rings. The molecule has 0 aromatic carbocycles. The maximum absolute atomic E-state index is 12.1. The number of nitrogens with zero attached hydrogens (tertiary/aromatic N) is 4. The van der Waals surface area contributed by atoms with Crippen molar-refractivity contribution >= 4 is 11.8 Å². The predicted molar refractivity (Wildman–Crippen MR) is 75.1 cm³/mol. The normalized spacial score (nSPS) is 12.5. The Hall–Kier alpha value is -2.98. The van der Waals surface area contributed by atoms with Gasteiger partial charge in [0.2, 0.25) is 5.91 Å². The maximum atomic E-state index is 12.1. The number of carbonyl (C=O) groups is 2. The number of amides is 2. The van der Waals surface area contributed by atoms with E-state index in [2.05, 4.69) is 20.4 Å². The second kappa shape index (κ2) is 7.06. The molecule has 0 radical (unpaired) electrons. The van der Waals surface area contributed by atoms with Crippen molar-refractivity contribution in [3.63, 3.8) is 0 Å². The summed E-state index contributed by atoms with van der Waals surface area (Å²) in [7, 11) is 0. The lowest BCUT2D eigenvalue weighted by molar-refractivity contribution is -0.139. The van der Waals surface area contributed by atoms with Crippen LogP contribution in [-0.2, 0) is 4.79 Å². The molecule has 0 bridgehead atoms. The largest absolute Gasteiger partial charge is 0.405 e. The van der Waals surface area contributed by atoms with E-state index in [9.17, 15) is 22.8 Å². The van der Waals surface area contributed by atoms with Gasteiger partial charge in [-0.2, -0.15) is 18.3 Å². The number of rotatable bonds is 5. The van der Waals surface area contributed by atoms with Gasteiger partial charge in [0, 0.05) is 11.8 Å². The Kier molecular flexibility index (Phi) is 5.11. The average Bonchev–Trinajstić information content (AvgIpc) is 3.06. The van der Waals surface area contributed by atoms with Crippen LogP contribution in [0.1, 0.15) is 17.3 Å². The van der Waals surface area contributed by atoms with Crippen LogP contribution in [0.5, 0.6) is 0 Å². The van der Waals surface area contributed by atoms with Gasteiger partial charge in [-0.1, -0.05) is 0 Å².